The number of thioether (sulfide) groups is 1. The van der Waals surface area contributed by atoms with E-state index >= 15 is 0 Å². The number of nitrogens with zero attached hydrogens (tertiary/aromatic N) is 3. The molecule has 4 aromatic rings. The highest BCUT2D eigenvalue weighted by Gasteiger charge is 2.21. The minimum atomic E-state index is -0.811. The molecule has 168 valence electrons. The number of hydrogen-bond acceptors (Lipinski definition) is 4. The number of alkyl halides is 1. The molecule has 1 atom stereocenters. The van der Waals surface area contributed by atoms with Crippen LogP contribution < -0.4 is 5.32 Å². The smallest absolute Gasteiger partial charge is 0.242 e. The van der Waals surface area contributed by atoms with Gasteiger partial charge in [0.05, 0.1) is 17.3 Å². The van der Waals surface area contributed by atoms with Gasteiger partial charge in [-0.05, 0) is 29.3 Å². The second kappa shape index (κ2) is 11.1. The van der Waals surface area contributed by atoms with Gasteiger partial charge in [0.25, 0.3) is 0 Å². The predicted octanol–water partition coefficient (Wildman–Crippen LogP) is 6.46. The van der Waals surface area contributed by atoms with Crippen LogP contribution in [0.1, 0.15) is 22.3 Å². The minimum Gasteiger partial charge on any atom is -0.347 e. The van der Waals surface area contributed by atoms with Gasteiger partial charge in [0.2, 0.25) is 5.91 Å². The van der Waals surface area contributed by atoms with Gasteiger partial charge in [0, 0.05) is 10.8 Å². The molecule has 0 aliphatic heterocycles. The number of nitrogens with one attached hydrogen (secondary N) is 1. The maximum absolute atomic E-state index is 12.6. The summed E-state index contributed by atoms with van der Waals surface area (Å²) in [6.07, 6.45) is 0. The lowest BCUT2D eigenvalue weighted by atomic mass is 10.1. The van der Waals surface area contributed by atoms with E-state index in [1.54, 1.807) is 18.2 Å². The van der Waals surface area contributed by atoms with E-state index in [0.717, 1.165) is 11.1 Å². The summed E-state index contributed by atoms with van der Waals surface area (Å²) in [4.78, 5) is 12.6. The molecule has 4 rings (SSSR count). The summed E-state index contributed by atoms with van der Waals surface area (Å²) in [6, 6.07) is 24.5. The molecular formula is C24H19Cl3N4OS. The molecule has 5 nitrogen and oxygen atoms in total. The molecule has 0 aliphatic rings. The van der Waals surface area contributed by atoms with Gasteiger partial charge in [-0.25, -0.2) is 0 Å². The van der Waals surface area contributed by atoms with Gasteiger partial charge in [-0.3, -0.25) is 9.36 Å². The van der Waals surface area contributed by atoms with Crippen LogP contribution in [0.25, 0.3) is 5.69 Å². The van der Waals surface area contributed by atoms with Crippen molar-refractivity contribution in [3.63, 3.8) is 0 Å². The van der Waals surface area contributed by atoms with Gasteiger partial charge < -0.3 is 5.32 Å². The normalized spacial score (nSPS) is 11.8. The molecule has 33 heavy (non-hydrogen) atoms. The molecule has 1 heterocycles. The zero-order chi connectivity index (χ0) is 23.2. The van der Waals surface area contributed by atoms with Crippen LogP contribution in [0.2, 0.25) is 10.0 Å². The first-order chi connectivity index (χ1) is 16.0. The van der Waals surface area contributed by atoms with Gasteiger partial charge in [0.1, 0.15) is 5.38 Å². The fraction of sp³-hybridized carbons (Fsp3) is 0.125. The number of carbonyl (C=O) groups is 1. The third-order valence-electron chi connectivity index (χ3n) is 4.80. The van der Waals surface area contributed by atoms with Gasteiger partial charge in [-0.2, -0.15) is 0 Å². The lowest BCUT2D eigenvalue weighted by Gasteiger charge is -2.14. The molecule has 0 bridgehead atoms. The molecule has 1 N–H and O–H groups in total. The number of rotatable bonds is 8. The standard InChI is InChI=1S/C24H19Cl3N4OS/c25-18-11-12-20(19(26)13-18)31-21(14-28-23(32)22(27)17-9-5-2-6-10-17)29-30-24(31)33-15-16-7-3-1-4-8-16/h1-13,22H,14-15H2,(H,28,32). The summed E-state index contributed by atoms with van der Waals surface area (Å²) >= 11 is 20.5. The molecule has 0 spiro atoms. The van der Waals surface area contributed by atoms with Crippen LogP contribution in [0.3, 0.4) is 0 Å². The second-order valence-electron chi connectivity index (χ2n) is 7.10. The summed E-state index contributed by atoms with van der Waals surface area (Å²) in [6.45, 7) is 0.132. The molecule has 1 unspecified atom stereocenters. The average molecular weight is 518 g/mol. The molecule has 0 saturated heterocycles. The van der Waals surface area contributed by atoms with Crippen molar-refractivity contribution in [3.8, 4) is 5.69 Å². The maximum Gasteiger partial charge on any atom is 0.242 e. The first kappa shape index (κ1) is 23.6. The Morgan fingerprint density at radius 2 is 1.67 bits per heavy atom. The van der Waals surface area contributed by atoms with Crippen LogP contribution >= 0.6 is 46.6 Å². The lowest BCUT2D eigenvalue weighted by Crippen LogP contribution is -2.28. The zero-order valence-corrected chi connectivity index (χ0v) is 20.4. The van der Waals surface area contributed by atoms with E-state index in [9.17, 15) is 4.79 Å². The van der Waals surface area contributed by atoms with Crippen LogP contribution in [-0.2, 0) is 17.1 Å². The van der Waals surface area contributed by atoms with Gasteiger partial charge in [-0.1, -0.05) is 95.6 Å². The monoisotopic (exact) mass is 516 g/mol. The van der Waals surface area contributed by atoms with Gasteiger partial charge in [-0.15, -0.1) is 21.8 Å². The Morgan fingerprint density at radius 1 is 0.970 bits per heavy atom. The van der Waals surface area contributed by atoms with Crippen LogP contribution in [-0.4, -0.2) is 20.7 Å². The average Bonchev–Trinajstić information content (AvgIpc) is 3.24. The zero-order valence-electron chi connectivity index (χ0n) is 17.3. The summed E-state index contributed by atoms with van der Waals surface area (Å²) in [5.41, 5.74) is 2.55. The highest BCUT2D eigenvalue weighted by Crippen LogP contribution is 2.31. The molecule has 3 aromatic carbocycles. The Bertz CT molecular complexity index is 1240. The predicted molar refractivity (Wildman–Crippen MR) is 134 cm³/mol. The quantitative estimate of drug-likeness (QED) is 0.215. The summed E-state index contributed by atoms with van der Waals surface area (Å²) in [7, 11) is 0. The number of benzene rings is 3. The van der Waals surface area contributed by atoms with E-state index in [-0.39, 0.29) is 12.5 Å². The molecule has 9 heteroatoms. The van der Waals surface area contributed by atoms with E-state index in [1.165, 1.54) is 11.8 Å². The number of amides is 1. The molecule has 0 aliphatic carbocycles. The molecule has 0 fully saturated rings. The Hall–Kier alpha value is -2.51. The van der Waals surface area contributed by atoms with E-state index in [4.69, 9.17) is 34.8 Å². The van der Waals surface area contributed by atoms with E-state index in [2.05, 4.69) is 15.5 Å². The number of carbonyl (C=O) groups excluding carboxylic acids is 1. The fourth-order valence-corrected chi connectivity index (χ4v) is 4.80. The Morgan fingerprint density at radius 3 is 2.36 bits per heavy atom. The van der Waals surface area contributed by atoms with Crippen LogP contribution in [0.4, 0.5) is 0 Å². The summed E-state index contributed by atoms with van der Waals surface area (Å²) in [5, 5.41) is 12.3. The molecule has 0 radical (unpaired) electrons. The number of halogens is 3. The molecular weight excluding hydrogens is 499 g/mol. The molecule has 1 aromatic heterocycles. The van der Waals surface area contributed by atoms with Crippen molar-refractivity contribution in [1.29, 1.82) is 0 Å². The summed E-state index contributed by atoms with van der Waals surface area (Å²) < 4.78 is 1.83. The van der Waals surface area contributed by atoms with Gasteiger partial charge in [0.15, 0.2) is 11.0 Å². The minimum absolute atomic E-state index is 0.132. The van der Waals surface area contributed by atoms with E-state index < -0.39 is 5.38 Å². The van der Waals surface area contributed by atoms with E-state index in [1.807, 2.05) is 65.2 Å². The second-order valence-corrected chi connectivity index (χ2v) is 9.32. The van der Waals surface area contributed by atoms with Crippen LogP contribution in [0.5, 0.6) is 0 Å². The highest BCUT2D eigenvalue weighted by atomic mass is 35.5. The van der Waals surface area contributed by atoms with Crippen LogP contribution in [0, 0.1) is 0 Å². The van der Waals surface area contributed by atoms with Gasteiger partial charge >= 0.3 is 0 Å². The number of hydrogen-bond donors (Lipinski definition) is 1. The van der Waals surface area contributed by atoms with E-state index in [0.29, 0.717) is 32.5 Å². The van der Waals surface area contributed by atoms with Crippen molar-refractivity contribution in [3.05, 3.63) is 106 Å². The summed E-state index contributed by atoms with van der Waals surface area (Å²) in [5.74, 6) is 0.909. The van der Waals surface area contributed by atoms with Crippen molar-refractivity contribution in [2.24, 2.45) is 0 Å². The first-order valence-corrected chi connectivity index (χ1v) is 12.2. The van der Waals surface area contributed by atoms with Crippen molar-refractivity contribution in [2.75, 3.05) is 0 Å². The fourth-order valence-electron chi connectivity index (χ4n) is 3.16. The SMILES string of the molecule is O=C(NCc1nnc(SCc2ccccc2)n1-c1ccc(Cl)cc1Cl)C(Cl)c1ccccc1. The third kappa shape index (κ3) is 5.89. The first-order valence-electron chi connectivity index (χ1n) is 10.1. The Labute approximate surface area is 211 Å². The largest absolute Gasteiger partial charge is 0.347 e. The third-order valence-corrected chi connectivity index (χ3v) is 6.79. The lowest BCUT2D eigenvalue weighted by molar-refractivity contribution is -0.121. The van der Waals surface area contributed by atoms with Crippen molar-refractivity contribution < 1.29 is 4.79 Å². The molecule has 0 saturated carbocycles. The van der Waals surface area contributed by atoms with Crippen molar-refractivity contribution in [1.82, 2.24) is 20.1 Å². The number of aromatic nitrogens is 3. The maximum atomic E-state index is 12.6. The van der Waals surface area contributed by atoms with Crippen LogP contribution in [0.15, 0.2) is 84.0 Å². The Balaban J connectivity index is 1.58. The van der Waals surface area contributed by atoms with Crippen molar-refractivity contribution >= 4 is 52.5 Å². The topological polar surface area (TPSA) is 59.8 Å². The highest BCUT2D eigenvalue weighted by molar-refractivity contribution is 7.98. The molecule has 1 amide bonds. The Kier molecular flexibility index (Phi) is 7.93. The van der Waals surface area contributed by atoms with Crippen molar-refractivity contribution in [2.45, 2.75) is 22.8 Å².